The van der Waals surface area contributed by atoms with Gasteiger partial charge in [0.05, 0.1) is 20.1 Å². The number of amides is 1. The summed E-state index contributed by atoms with van der Waals surface area (Å²) in [6.45, 7) is 0.936. The Balaban J connectivity index is 1.58. The van der Waals surface area contributed by atoms with Gasteiger partial charge in [-0.2, -0.15) is 0 Å². The Bertz CT molecular complexity index is 1010. The van der Waals surface area contributed by atoms with Crippen LogP contribution in [0, 0.1) is 5.92 Å². The molecular formula is C24H24ClNO6. The molecule has 0 spiro atoms. The van der Waals surface area contributed by atoms with E-state index < -0.39 is 5.97 Å². The number of nitrogens with zero attached hydrogens (tertiary/aromatic N) is 1. The first kappa shape index (κ1) is 23.3. The number of esters is 2. The smallest absolute Gasteiger partial charge is 0.330 e. The summed E-state index contributed by atoms with van der Waals surface area (Å²) in [7, 11) is 2.77. The molecule has 1 aliphatic rings. The minimum absolute atomic E-state index is 0.0780. The summed E-state index contributed by atoms with van der Waals surface area (Å²) in [5, 5.41) is 0.575. The molecule has 7 nitrogen and oxygen atoms in total. The van der Waals surface area contributed by atoms with Crippen LogP contribution in [0.25, 0.3) is 6.08 Å². The number of hydrogen-bond donors (Lipinski definition) is 0. The highest BCUT2D eigenvalue weighted by Gasteiger charge is 2.29. The first-order valence-electron chi connectivity index (χ1n) is 10.1. The highest BCUT2D eigenvalue weighted by Crippen LogP contribution is 2.30. The van der Waals surface area contributed by atoms with Gasteiger partial charge in [0.2, 0.25) is 0 Å². The van der Waals surface area contributed by atoms with Gasteiger partial charge in [0, 0.05) is 29.8 Å². The maximum absolute atomic E-state index is 12.7. The fraction of sp³-hybridized carbons (Fsp3) is 0.292. The molecule has 1 aliphatic heterocycles. The predicted molar refractivity (Wildman–Crippen MR) is 120 cm³/mol. The summed E-state index contributed by atoms with van der Waals surface area (Å²) in [6, 6.07) is 11.7. The van der Waals surface area contributed by atoms with Crippen molar-refractivity contribution in [2.24, 2.45) is 5.92 Å². The Labute approximate surface area is 191 Å². The molecule has 0 N–H and O–H groups in total. The van der Waals surface area contributed by atoms with Crippen LogP contribution in [-0.4, -0.2) is 50.1 Å². The van der Waals surface area contributed by atoms with Gasteiger partial charge < -0.3 is 19.1 Å². The van der Waals surface area contributed by atoms with E-state index in [1.54, 1.807) is 53.4 Å². The van der Waals surface area contributed by atoms with Gasteiger partial charge in [0.1, 0.15) is 0 Å². The monoisotopic (exact) mass is 457 g/mol. The summed E-state index contributed by atoms with van der Waals surface area (Å²) in [4.78, 5) is 38.3. The van der Waals surface area contributed by atoms with Crippen molar-refractivity contribution in [3.05, 3.63) is 64.7 Å². The molecule has 2 aromatic carbocycles. The van der Waals surface area contributed by atoms with Crippen molar-refractivity contribution in [3.8, 4) is 11.5 Å². The van der Waals surface area contributed by atoms with Crippen molar-refractivity contribution in [3.63, 3.8) is 0 Å². The van der Waals surface area contributed by atoms with E-state index in [1.165, 1.54) is 20.3 Å². The van der Waals surface area contributed by atoms with Crippen LogP contribution in [0.2, 0.25) is 5.02 Å². The molecule has 0 aliphatic carbocycles. The molecule has 3 rings (SSSR count). The van der Waals surface area contributed by atoms with Crippen LogP contribution in [0.1, 0.15) is 28.8 Å². The second-order valence-corrected chi connectivity index (χ2v) is 7.70. The molecule has 0 bridgehead atoms. The normalized spacial score (nSPS) is 14.3. The molecule has 8 heteroatoms. The fourth-order valence-corrected chi connectivity index (χ4v) is 3.52. The summed E-state index contributed by atoms with van der Waals surface area (Å²) in [5.41, 5.74) is 1.27. The summed E-state index contributed by atoms with van der Waals surface area (Å²) >= 11 is 5.88. The lowest BCUT2D eigenvalue weighted by molar-refractivity contribution is -0.140. The van der Waals surface area contributed by atoms with Crippen molar-refractivity contribution >= 4 is 35.5 Å². The number of carbonyl (C=O) groups is 3. The van der Waals surface area contributed by atoms with E-state index >= 15 is 0 Å². The number of ether oxygens (including phenoxy) is 3. The quantitative estimate of drug-likeness (QED) is 0.370. The zero-order chi connectivity index (χ0) is 23.1. The van der Waals surface area contributed by atoms with Gasteiger partial charge in [0.15, 0.2) is 11.5 Å². The number of rotatable bonds is 6. The van der Waals surface area contributed by atoms with E-state index in [1.807, 2.05) is 0 Å². The molecular weight excluding hydrogens is 434 g/mol. The zero-order valence-electron chi connectivity index (χ0n) is 17.9. The number of carbonyl (C=O) groups excluding carboxylic acids is 3. The van der Waals surface area contributed by atoms with Gasteiger partial charge in [-0.3, -0.25) is 9.59 Å². The third-order valence-corrected chi connectivity index (χ3v) is 5.47. The van der Waals surface area contributed by atoms with Gasteiger partial charge in [0.25, 0.3) is 5.91 Å². The van der Waals surface area contributed by atoms with Crippen molar-refractivity contribution in [1.29, 1.82) is 0 Å². The van der Waals surface area contributed by atoms with Gasteiger partial charge >= 0.3 is 11.9 Å². The molecule has 2 aromatic rings. The third-order valence-electron chi connectivity index (χ3n) is 5.22. The Hall–Kier alpha value is -3.32. The zero-order valence-corrected chi connectivity index (χ0v) is 18.6. The maximum Gasteiger partial charge on any atom is 0.330 e. The van der Waals surface area contributed by atoms with Crippen LogP contribution in [0.3, 0.4) is 0 Å². The number of halogens is 1. The van der Waals surface area contributed by atoms with Gasteiger partial charge in [-0.15, -0.1) is 0 Å². The Morgan fingerprint density at radius 3 is 2.31 bits per heavy atom. The maximum atomic E-state index is 12.7. The molecule has 1 heterocycles. The number of likely N-dealkylation sites (tertiary alicyclic amines) is 1. The van der Waals surface area contributed by atoms with Crippen molar-refractivity contribution in [2.75, 3.05) is 27.3 Å². The standard InChI is InChI=1S/C24H24ClNO6/c1-30-21-15-16(4-10-22(27)31-2)3-9-20(21)32-24(29)18-11-13-26(14-12-18)23(28)17-5-7-19(25)8-6-17/h3-10,15,18H,11-14H2,1-2H3/b10-4+. The van der Waals surface area contributed by atoms with Crippen molar-refractivity contribution < 1.29 is 28.6 Å². The topological polar surface area (TPSA) is 82.1 Å². The van der Waals surface area contributed by atoms with E-state index in [0.29, 0.717) is 53.6 Å². The molecule has 0 aromatic heterocycles. The third kappa shape index (κ3) is 5.88. The highest BCUT2D eigenvalue weighted by molar-refractivity contribution is 6.30. The van der Waals surface area contributed by atoms with Crippen LogP contribution >= 0.6 is 11.6 Å². The number of benzene rings is 2. The molecule has 0 unspecified atom stereocenters. The number of hydrogen-bond acceptors (Lipinski definition) is 6. The Morgan fingerprint density at radius 2 is 1.69 bits per heavy atom. The fourth-order valence-electron chi connectivity index (χ4n) is 3.39. The first-order chi connectivity index (χ1) is 15.4. The second-order valence-electron chi connectivity index (χ2n) is 7.26. The molecule has 168 valence electrons. The SMILES string of the molecule is COC(=O)/C=C/c1ccc(OC(=O)C2CCN(C(=O)c3ccc(Cl)cc3)CC2)c(OC)c1. The van der Waals surface area contributed by atoms with Crippen LogP contribution < -0.4 is 9.47 Å². The highest BCUT2D eigenvalue weighted by atomic mass is 35.5. The Morgan fingerprint density at radius 1 is 1.00 bits per heavy atom. The van der Waals surface area contributed by atoms with Crippen LogP contribution in [0.15, 0.2) is 48.5 Å². The van der Waals surface area contributed by atoms with E-state index in [9.17, 15) is 14.4 Å². The van der Waals surface area contributed by atoms with E-state index in [-0.39, 0.29) is 17.8 Å². The minimum atomic E-state index is -0.472. The average Bonchev–Trinajstić information content (AvgIpc) is 2.83. The summed E-state index contributed by atoms with van der Waals surface area (Å²) in [5.74, 6) is -0.549. The molecule has 0 saturated carbocycles. The van der Waals surface area contributed by atoms with Crippen molar-refractivity contribution in [1.82, 2.24) is 4.90 Å². The van der Waals surface area contributed by atoms with Crippen LogP contribution in [-0.2, 0) is 14.3 Å². The number of methoxy groups -OCH3 is 2. The molecule has 0 atom stereocenters. The molecule has 32 heavy (non-hydrogen) atoms. The Kier molecular flexibility index (Phi) is 7.89. The van der Waals surface area contributed by atoms with Crippen LogP contribution in [0.5, 0.6) is 11.5 Å². The first-order valence-corrected chi connectivity index (χ1v) is 10.5. The largest absolute Gasteiger partial charge is 0.493 e. The summed E-state index contributed by atoms with van der Waals surface area (Å²) < 4.78 is 15.5. The van der Waals surface area contributed by atoms with Gasteiger partial charge in [-0.1, -0.05) is 17.7 Å². The minimum Gasteiger partial charge on any atom is -0.493 e. The molecule has 1 fully saturated rings. The molecule has 1 saturated heterocycles. The van der Waals surface area contributed by atoms with E-state index in [0.717, 1.165) is 0 Å². The summed E-state index contributed by atoms with van der Waals surface area (Å²) in [6.07, 6.45) is 3.90. The van der Waals surface area contributed by atoms with Crippen molar-refractivity contribution in [2.45, 2.75) is 12.8 Å². The van der Waals surface area contributed by atoms with Gasteiger partial charge in [-0.25, -0.2) is 4.79 Å². The lowest BCUT2D eigenvalue weighted by atomic mass is 9.96. The average molecular weight is 458 g/mol. The molecule has 0 radical (unpaired) electrons. The van der Waals surface area contributed by atoms with E-state index in [2.05, 4.69) is 4.74 Å². The predicted octanol–water partition coefficient (Wildman–Crippen LogP) is 3.99. The van der Waals surface area contributed by atoms with E-state index in [4.69, 9.17) is 21.1 Å². The van der Waals surface area contributed by atoms with Gasteiger partial charge in [-0.05, 0) is 60.9 Å². The molecule has 1 amide bonds. The number of piperidine rings is 1. The van der Waals surface area contributed by atoms with Crippen LogP contribution in [0.4, 0.5) is 0 Å². The lowest BCUT2D eigenvalue weighted by Crippen LogP contribution is -2.41. The second kappa shape index (κ2) is 10.8. The lowest BCUT2D eigenvalue weighted by Gasteiger charge is -2.31.